The summed E-state index contributed by atoms with van der Waals surface area (Å²) < 4.78 is 17.5. The van der Waals surface area contributed by atoms with Crippen LogP contribution >= 0.6 is 0 Å². The summed E-state index contributed by atoms with van der Waals surface area (Å²) in [6, 6.07) is 0. The summed E-state index contributed by atoms with van der Waals surface area (Å²) >= 11 is 0. The Morgan fingerprint density at radius 3 is 2.04 bits per heavy atom. The fourth-order valence-electron chi connectivity index (χ4n) is 11.0. The summed E-state index contributed by atoms with van der Waals surface area (Å²) in [4.78, 5) is 41.7. The fraction of sp³-hybridized carbons (Fsp3) is 0.806. The highest BCUT2D eigenvalue weighted by Crippen LogP contribution is 2.37. The number of unbranched alkanes of at least 4 members (excludes halogenated alkanes) is 3. The van der Waals surface area contributed by atoms with E-state index < -0.39 is 170 Å². The molecule has 2 aliphatic rings. The van der Waals surface area contributed by atoms with Crippen LogP contribution in [0.1, 0.15) is 165 Å². The number of aliphatic hydroxyl groups is 13. The van der Waals surface area contributed by atoms with Crippen molar-refractivity contribution in [1.29, 1.82) is 0 Å². The monoisotopic (exact) mass is 1210 g/mol. The number of nitrogens with zero attached hydrogens (tertiary/aromatic N) is 1. The fourth-order valence-corrected chi connectivity index (χ4v) is 11.0. The van der Waals surface area contributed by atoms with Gasteiger partial charge in [0.2, 0.25) is 0 Å². The first-order valence-corrected chi connectivity index (χ1v) is 30.5. The molecule has 1 fully saturated rings. The molecule has 0 aromatic carbocycles. The van der Waals surface area contributed by atoms with Crippen LogP contribution in [0.2, 0.25) is 0 Å². The number of nitrogens with two attached hydrogens (primary N) is 1. The molecule has 0 saturated carbocycles. The van der Waals surface area contributed by atoms with Gasteiger partial charge in [-0.2, -0.15) is 0 Å². The molecule has 85 heavy (non-hydrogen) atoms. The predicted molar refractivity (Wildman–Crippen MR) is 316 cm³/mol. The highest BCUT2D eigenvalue weighted by molar-refractivity contribution is 5.89. The molecule has 0 aromatic heterocycles. The predicted octanol–water partition coefficient (Wildman–Crippen LogP) is 1.23. The first kappa shape index (κ1) is 77.2. The third-order valence-corrected chi connectivity index (χ3v) is 17.3. The third kappa shape index (κ3) is 27.6. The summed E-state index contributed by atoms with van der Waals surface area (Å²) in [6.45, 7) is 16.1. The minimum absolute atomic E-state index is 0.0187. The highest BCUT2D eigenvalue weighted by Gasteiger charge is 2.50. The van der Waals surface area contributed by atoms with Crippen molar-refractivity contribution in [3.63, 3.8) is 0 Å². The standard InChI is InChI=1S/C62H109N3O20/c1-34(17-13-11-12-16-24-65-61(63)64-10)25-38(5)58-37(4)18-14-15-19-47(68)39(6)50(71)28-44(67)26-43(66)27-45(83-56(78)32-55(76)77)29-46-30-53(74)59(80)62(82,85-46)33-54(75)35(2)20-22-48(69)40(7)51(72)31-52(73)41(8)49(70)23-21-36(3)57(79)42(9)60(81)84-58/h14-15,17-19,21,35,37-54,57-59,66-75,79-80,82H,11-13,16,20,22-33H2,1-10H3,(H,76,77)(H3,63,64,65)/p-1. The van der Waals surface area contributed by atoms with Gasteiger partial charge in [0.1, 0.15) is 18.3 Å². The Balaban J connectivity index is 2.49. The topological polar surface area (TPSA) is 415 Å². The van der Waals surface area contributed by atoms with E-state index in [-0.39, 0.29) is 57.3 Å². The molecule has 23 heteroatoms. The van der Waals surface area contributed by atoms with Crippen molar-refractivity contribution in [3.05, 3.63) is 47.6 Å². The van der Waals surface area contributed by atoms with Crippen LogP contribution in [0.25, 0.3) is 0 Å². The zero-order chi connectivity index (χ0) is 64.5. The van der Waals surface area contributed by atoms with E-state index in [1.807, 2.05) is 20.8 Å². The van der Waals surface area contributed by atoms with E-state index in [4.69, 9.17) is 19.9 Å². The Hall–Kier alpha value is -3.92. The quantitative estimate of drug-likeness (QED) is 0.0326. The van der Waals surface area contributed by atoms with Gasteiger partial charge in [-0.1, -0.05) is 90.0 Å². The molecule has 0 spiro atoms. The zero-order valence-corrected chi connectivity index (χ0v) is 51.9. The van der Waals surface area contributed by atoms with E-state index in [1.54, 1.807) is 72.9 Å². The Bertz CT molecular complexity index is 2130. The van der Waals surface area contributed by atoms with Crippen LogP contribution in [0.5, 0.6) is 0 Å². The van der Waals surface area contributed by atoms with Crippen LogP contribution in [-0.4, -0.2) is 201 Å². The van der Waals surface area contributed by atoms with Gasteiger partial charge in [0.25, 0.3) is 0 Å². The summed E-state index contributed by atoms with van der Waals surface area (Å²) in [7, 11) is 1.62. The first-order chi connectivity index (χ1) is 39.7. The van der Waals surface area contributed by atoms with Gasteiger partial charge < -0.3 is 102 Å². The van der Waals surface area contributed by atoms with Gasteiger partial charge in [-0.25, -0.2) is 0 Å². The third-order valence-electron chi connectivity index (χ3n) is 17.3. The van der Waals surface area contributed by atoms with E-state index in [0.29, 0.717) is 24.5 Å². The van der Waals surface area contributed by atoms with Crippen LogP contribution < -0.4 is 16.2 Å². The second kappa shape index (κ2) is 38.5. The number of allylic oxidation sites excluding steroid dienone is 4. The lowest BCUT2D eigenvalue weighted by molar-refractivity contribution is -0.333. The number of aliphatic carboxylic acids is 1. The van der Waals surface area contributed by atoms with Crippen LogP contribution in [0.4, 0.5) is 0 Å². The molecule has 16 N–H and O–H groups in total. The maximum absolute atomic E-state index is 13.9. The first-order valence-electron chi connectivity index (χ1n) is 30.5. The molecule has 23 nitrogen and oxygen atoms in total. The second-order valence-corrected chi connectivity index (χ2v) is 24.8. The van der Waals surface area contributed by atoms with Crippen molar-refractivity contribution in [2.75, 3.05) is 13.6 Å². The van der Waals surface area contributed by atoms with Crippen LogP contribution in [-0.2, 0) is 28.6 Å². The summed E-state index contributed by atoms with van der Waals surface area (Å²) in [5.41, 5.74) is 7.20. The van der Waals surface area contributed by atoms with Crippen LogP contribution in [0.3, 0.4) is 0 Å². The molecule has 23 atom stereocenters. The van der Waals surface area contributed by atoms with Gasteiger partial charge in [-0.15, -0.1) is 0 Å². The number of nitrogens with one attached hydrogen (secondary N) is 1. The van der Waals surface area contributed by atoms with Crippen LogP contribution in [0.15, 0.2) is 52.6 Å². The summed E-state index contributed by atoms with van der Waals surface area (Å²) in [6.07, 6.45) is -8.92. The van der Waals surface area contributed by atoms with E-state index in [9.17, 15) is 85.9 Å². The minimum atomic E-state index is -2.58. The van der Waals surface area contributed by atoms with Crippen molar-refractivity contribution in [1.82, 2.24) is 5.32 Å². The highest BCUT2D eigenvalue weighted by atomic mass is 16.7. The van der Waals surface area contributed by atoms with E-state index >= 15 is 0 Å². The van der Waals surface area contributed by atoms with E-state index in [1.165, 1.54) is 6.08 Å². The number of carboxylic acids is 1. The lowest BCUT2D eigenvalue weighted by atomic mass is 9.83. The molecule has 2 bridgehead atoms. The number of ether oxygens (including phenoxy) is 3. The molecule has 492 valence electrons. The number of esters is 2. The zero-order valence-electron chi connectivity index (χ0n) is 51.9. The van der Waals surface area contributed by atoms with Gasteiger partial charge in [0.15, 0.2) is 11.7 Å². The van der Waals surface area contributed by atoms with E-state index in [2.05, 4.69) is 16.4 Å². The van der Waals surface area contributed by atoms with Gasteiger partial charge in [0.05, 0.1) is 91.6 Å². The van der Waals surface area contributed by atoms with Gasteiger partial charge in [0, 0.05) is 62.9 Å². The number of cyclic esters (lactones) is 1. The Labute approximate surface area is 503 Å². The lowest BCUT2D eigenvalue weighted by Crippen LogP contribution is -2.60. The van der Waals surface area contributed by atoms with Crippen molar-refractivity contribution in [2.24, 2.45) is 52.2 Å². The number of hydrogen-bond acceptors (Lipinski definition) is 21. The molecule has 2 aliphatic heterocycles. The average Bonchev–Trinajstić information content (AvgIpc) is 1.73. The van der Waals surface area contributed by atoms with Gasteiger partial charge in [-0.3, -0.25) is 14.6 Å². The Morgan fingerprint density at radius 2 is 1.40 bits per heavy atom. The lowest BCUT2D eigenvalue weighted by Gasteiger charge is -2.45. The molecule has 2 heterocycles. The smallest absolute Gasteiger partial charge is 0.311 e. The van der Waals surface area contributed by atoms with Crippen molar-refractivity contribution in [3.8, 4) is 0 Å². The Kier molecular flexibility index (Phi) is 34.9. The molecule has 0 aromatic rings. The SMILES string of the molecule is CN=C(N)NCCCCCC=C(C)CC(C)C1OC(=O)C(C)C(O)C(C)=CCC(O)C(C)C(O)CC(O)C(C)C(O)CCC(C)C(O)CC2(O)OC(CC(OC(=O)CC(=O)[O-])CC(O)CC(O)CC(O)C(C)C(O)C=CC=CC1C)CC(O)C2O. The number of carboxylic acid groups (broad SMARTS) is 1. The Morgan fingerprint density at radius 1 is 0.788 bits per heavy atom. The largest absolute Gasteiger partial charge is 0.550 e. The second-order valence-electron chi connectivity index (χ2n) is 24.8. The molecule has 0 amide bonds. The van der Waals surface area contributed by atoms with Crippen molar-refractivity contribution < 1.29 is 100 Å². The number of hydrogen-bond donors (Lipinski definition) is 15. The maximum Gasteiger partial charge on any atom is 0.311 e. The molecule has 0 radical (unpaired) electrons. The average molecular weight is 1220 g/mol. The molecule has 1 saturated heterocycles. The van der Waals surface area contributed by atoms with E-state index in [0.717, 1.165) is 31.3 Å². The number of aliphatic hydroxyl groups excluding tert-OH is 12. The summed E-state index contributed by atoms with van der Waals surface area (Å²) in [5, 5.41) is 160. The van der Waals surface area contributed by atoms with Crippen molar-refractivity contribution >= 4 is 23.9 Å². The molecular weight excluding hydrogens is 1110 g/mol. The van der Waals surface area contributed by atoms with Gasteiger partial charge >= 0.3 is 11.9 Å². The maximum atomic E-state index is 13.9. The molecular formula is C62H108N3O20-. The molecule has 23 unspecified atom stereocenters. The minimum Gasteiger partial charge on any atom is -0.550 e. The number of carbonyl (C=O) groups is 3. The van der Waals surface area contributed by atoms with Gasteiger partial charge in [-0.05, 0) is 102 Å². The van der Waals surface area contributed by atoms with Crippen LogP contribution in [0, 0.1) is 41.4 Å². The summed E-state index contributed by atoms with van der Waals surface area (Å²) in [5.74, 6) is -10.6. The normalized spacial score (nSPS) is 38.4. The number of carbonyl (C=O) groups excluding carboxylic acids is 3. The number of guanidine groups is 1. The number of rotatable bonds is 12. The number of fused-ring (bicyclic) bond motifs is 2. The van der Waals surface area contributed by atoms with Crippen molar-refractivity contribution in [2.45, 2.75) is 262 Å². The molecule has 0 aliphatic carbocycles. The number of aliphatic imine (C=N–C) groups is 1. The molecule has 2 rings (SSSR count).